The van der Waals surface area contributed by atoms with Crippen LogP contribution in [0.25, 0.3) is 11.0 Å². The molecule has 3 heterocycles. The van der Waals surface area contributed by atoms with Crippen LogP contribution in [0, 0.1) is 0 Å². The second-order valence-electron chi connectivity index (χ2n) is 6.25. The monoisotopic (exact) mass is 392 g/mol. The second-order valence-corrected chi connectivity index (χ2v) is 7.34. The van der Waals surface area contributed by atoms with E-state index in [9.17, 15) is 4.79 Å². The first kappa shape index (κ1) is 18.2. The molecule has 7 nitrogen and oxygen atoms in total. The minimum atomic E-state index is -0.0204. The quantitative estimate of drug-likeness (QED) is 0.352. The van der Waals surface area contributed by atoms with Gasteiger partial charge in [-0.1, -0.05) is 30.0 Å². The van der Waals surface area contributed by atoms with Crippen molar-refractivity contribution in [2.45, 2.75) is 24.5 Å². The number of thioether (sulfide) groups is 1. The summed E-state index contributed by atoms with van der Waals surface area (Å²) in [5.74, 6) is 1.48. The summed E-state index contributed by atoms with van der Waals surface area (Å²) in [5, 5.41) is 8.08. The standard InChI is InChI=1S/C20H20N6OS/c27-19(9-5-13-28-20-23-16-7-1-2-8-17(16)24-20)25-18-10-12-22-26(18)14-15-6-3-4-11-21-15/h1-4,6-8,10-12H,5,9,13-14H2,(H,23,24)(H,25,27). The molecule has 0 atom stereocenters. The number of imidazole rings is 1. The Labute approximate surface area is 166 Å². The number of carbonyl (C=O) groups is 1. The van der Waals surface area contributed by atoms with Crippen LogP contribution in [-0.4, -0.2) is 36.4 Å². The summed E-state index contributed by atoms with van der Waals surface area (Å²) in [4.78, 5) is 24.4. The molecule has 1 aromatic carbocycles. The summed E-state index contributed by atoms with van der Waals surface area (Å²) < 4.78 is 1.74. The summed E-state index contributed by atoms with van der Waals surface area (Å²) in [6.45, 7) is 0.519. The fraction of sp³-hybridized carbons (Fsp3) is 0.200. The maximum absolute atomic E-state index is 12.3. The molecule has 0 aliphatic heterocycles. The number of anilines is 1. The molecule has 0 aliphatic carbocycles. The van der Waals surface area contributed by atoms with Crippen molar-refractivity contribution in [3.63, 3.8) is 0 Å². The lowest BCUT2D eigenvalue weighted by atomic mass is 10.3. The van der Waals surface area contributed by atoms with Crippen molar-refractivity contribution in [3.05, 3.63) is 66.6 Å². The first-order valence-electron chi connectivity index (χ1n) is 9.07. The highest BCUT2D eigenvalue weighted by Gasteiger charge is 2.09. The zero-order chi connectivity index (χ0) is 19.2. The fourth-order valence-corrected chi connectivity index (χ4v) is 3.64. The van der Waals surface area contributed by atoms with Gasteiger partial charge in [0.25, 0.3) is 0 Å². The number of H-pyrrole nitrogens is 1. The Balaban J connectivity index is 1.24. The lowest BCUT2D eigenvalue weighted by Gasteiger charge is -2.08. The molecule has 28 heavy (non-hydrogen) atoms. The smallest absolute Gasteiger partial charge is 0.225 e. The van der Waals surface area contributed by atoms with Crippen LogP contribution in [-0.2, 0) is 11.3 Å². The number of nitrogens with zero attached hydrogens (tertiary/aromatic N) is 4. The van der Waals surface area contributed by atoms with E-state index in [1.807, 2.05) is 42.5 Å². The molecule has 0 saturated heterocycles. The van der Waals surface area contributed by atoms with Gasteiger partial charge in [0.05, 0.1) is 29.5 Å². The highest BCUT2D eigenvalue weighted by molar-refractivity contribution is 7.99. The zero-order valence-electron chi connectivity index (χ0n) is 15.2. The molecule has 0 fully saturated rings. The molecular weight excluding hydrogens is 372 g/mol. The van der Waals surface area contributed by atoms with Gasteiger partial charge in [0.1, 0.15) is 5.82 Å². The lowest BCUT2D eigenvalue weighted by Crippen LogP contribution is -2.16. The van der Waals surface area contributed by atoms with E-state index in [4.69, 9.17) is 0 Å². The van der Waals surface area contributed by atoms with Crippen molar-refractivity contribution in [1.29, 1.82) is 0 Å². The van der Waals surface area contributed by atoms with Crippen LogP contribution < -0.4 is 5.32 Å². The molecule has 0 aliphatic rings. The summed E-state index contributed by atoms with van der Waals surface area (Å²) in [6.07, 6.45) is 4.64. The van der Waals surface area contributed by atoms with Gasteiger partial charge >= 0.3 is 0 Å². The molecule has 1 amide bonds. The van der Waals surface area contributed by atoms with Crippen molar-refractivity contribution in [2.75, 3.05) is 11.1 Å². The van der Waals surface area contributed by atoms with Gasteiger partial charge in [0, 0.05) is 24.4 Å². The van der Waals surface area contributed by atoms with Crippen molar-refractivity contribution in [2.24, 2.45) is 0 Å². The minimum Gasteiger partial charge on any atom is -0.333 e. The summed E-state index contributed by atoms with van der Waals surface area (Å²) in [6, 6.07) is 15.5. The van der Waals surface area contributed by atoms with Crippen molar-refractivity contribution in [3.8, 4) is 0 Å². The van der Waals surface area contributed by atoms with Gasteiger partial charge in [-0.2, -0.15) is 5.10 Å². The van der Waals surface area contributed by atoms with Crippen LogP contribution in [0.5, 0.6) is 0 Å². The Morgan fingerprint density at radius 1 is 1.11 bits per heavy atom. The Morgan fingerprint density at radius 3 is 2.86 bits per heavy atom. The maximum atomic E-state index is 12.3. The molecule has 0 spiro atoms. The number of carbonyl (C=O) groups excluding carboxylic acids is 1. The van der Waals surface area contributed by atoms with Gasteiger partial charge in [0.15, 0.2) is 5.16 Å². The number of hydrogen-bond acceptors (Lipinski definition) is 5. The van der Waals surface area contributed by atoms with Crippen LogP contribution in [0.3, 0.4) is 0 Å². The number of aromatic amines is 1. The number of para-hydroxylation sites is 2. The highest BCUT2D eigenvalue weighted by Crippen LogP contribution is 2.20. The van der Waals surface area contributed by atoms with E-state index >= 15 is 0 Å². The van der Waals surface area contributed by atoms with Crippen molar-refractivity contribution >= 4 is 34.5 Å². The predicted octanol–water partition coefficient (Wildman–Crippen LogP) is 3.71. The van der Waals surface area contributed by atoms with Crippen LogP contribution in [0.15, 0.2) is 66.1 Å². The number of aromatic nitrogens is 5. The minimum absolute atomic E-state index is 0.0204. The second kappa shape index (κ2) is 8.71. The molecule has 0 saturated carbocycles. The van der Waals surface area contributed by atoms with Crippen LogP contribution in [0.4, 0.5) is 5.82 Å². The molecule has 4 rings (SSSR count). The lowest BCUT2D eigenvalue weighted by molar-refractivity contribution is -0.116. The van der Waals surface area contributed by atoms with E-state index in [1.165, 1.54) is 0 Å². The topological polar surface area (TPSA) is 88.5 Å². The average molecular weight is 392 g/mol. The number of pyridine rings is 1. The van der Waals surface area contributed by atoms with Crippen LogP contribution in [0.1, 0.15) is 18.5 Å². The van der Waals surface area contributed by atoms with E-state index in [0.717, 1.165) is 34.1 Å². The van der Waals surface area contributed by atoms with E-state index in [1.54, 1.807) is 34.9 Å². The van der Waals surface area contributed by atoms with E-state index in [-0.39, 0.29) is 5.91 Å². The third-order valence-corrected chi connectivity index (χ3v) is 5.14. The molecule has 8 heteroatoms. The fourth-order valence-electron chi connectivity index (χ4n) is 2.81. The third-order valence-electron chi connectivity index (χ3n) is 4.18. The Bertz CT molecular complexity index is 1030. The van der Waals surface area contributed by atoms with Crippen LogP contribution >= 0.6 is 11.8 Å². The average Bonchev–Trinajstić information content (AvgIpc) is 3.32. The maximum Gasteiger partial charge on any atom is 0.225 e. The molecule has 142 valence electrons. The van der Waals surface area contributed by atoms with Crippen molar-refractivity contribution in [1.82, 2.24) is 24.7 Å². The molecule has 0 radical (unpaired) electrons. The summed E-state index contributed by atoms with van der Waals surface area (Å²) in [5.41, 5.74) is 2.89. The first-order valence-corrected chi connectivity index (χ1v) is 10.1. The number of benzene rings is 1. The molecule has 0 unspecified atom stereocenters. The van der Waals surface area contributed by atoms with Gasteiger partial charge < -0.3 is 10.3 Å². The number of fused-ring (bicyclic) bond motifs is 1. The van der Waals surface area contributed by atoms with E-state index in [2.05, 4.69) is 25.4 Å². The third kappa shape index (κ3) is 4.58. The van der Waals surface area contributed by atoms with Gasteiger partial charge in [-0.25, -0.2) is 9.67 Å². The predicted molar refractivity (Wildman–Crippen MR) is 110 cm³/mol. The van der Waals surface area contributed by atoms with E-state index < -0.39 is 0 Å². The Morgan fingerprint density at radius 2 is 2.00 bits per heavy atom. The van der Waals surface area contributed by atoms with Gasteiger partial charge in [-0.15, -0.1) is 0 Å². The van der Waals surface area contributed by atoms with Crippen molar-refractivity contribution < 1.29 is 4.79 Å². The largest absolute Gasteiger partial charge is 0.333 e. The number of hydrogen-bond donors (Lipinski definition) is 2. The zero-order valence-corrected chi connectivity index (χ0v) is 16.0. The highest BCUT2D eigenvalue weighted by atomic mass is 32.2. The number of nitrogens with one attached hydrogen (secondary N) is 2. The number of rotatable bonds is 8. The Hall–Kier alpha value is -3.13. The van der Waals surface area contributed by atoms with Crippen LogP contribution in [0.2, 0.25) is 0 Å². The number of amides is 1. The molecule has 0 bridgehead atoms. The van der Waals surface area contributed by atoms with E-state index in [0.29, 0.717) is 18.8 Å². The normalized spacial score (nSPS) is 11.0. The molecule has 4 aromatic rings. The van der Waals surface area contributed by atoms with Gasteiger partial charge in [-0.3, -0.25) is 9.78 Å². The molecule has 3 aromatic heterocycles. The van der Waals surface area contributed by atoms with Gasteiger partial charge in [0.2, 0.25) is 5.91 Å². The summed E-state index contributed by atoms with van der Waals surface area (Å²) in [7, 11) is 0. The summed E-state index contributed by atoms with van der Waals surface area (Å²) >= 11 is 1.63. The molecular formula is C20H20N6OS. The Kier molecular flexibility index (Phi) is 5.67. The molecule has 2 N–H and O–H groups in total. The first-order chi connectivity index (χ1) is 13.8. The SMILES string of the molecule is O=C(CCCSc1nc2ccccc2[nH]1)Nc1ccnn1Cc1ccccn1. The van der Waals surface area contributed by atoms with Gasteiger partial charge in [-0.05, 0) is 30.7 Å².